The molecule has 14 nitrogen and oxygen atoms in total. The second-order valence-corrected chi connectivity index (χ2v) is 11.7. The van der Waals surface area contributed by atoms with E-state index in [1.807, 2.05) is 0 Å². The number of carboxylic acid groups (broad SMARTS) is 2. The molecule has 2 atom stereocenters. The number of amides is 2. The maximum absolute atomic E-state index is 13.2. The number of hydrogen-bond donors (Lipinski definition) is 5. The Kier molecular flexibility index (Phi) is 7.72. The van der Waals surface area contributed by atoms with Gasteiger partial charge in [-0.05, 0) is 13.8 Å². The van der Waals surface area contributed by atoms with Crippen LogP contribution in [-0.2, 0) is 30.6 Å². The molecular formula is C22H23ClN7O7S2+. The molecule has 1 fully saturated rings. The number of carboxylic acids is 2. The SMILES string of the molecule is CC(C)(ON=C(C(=O)NC1C(=O)N2C(C(=O)O)=C(C[n+]3ccc(N)cc3)CSC12)c1nc(N)sc1Cl)C(=O)O. The molecule has 7 N–H and O–H groups in total. The lowest BCUT2D eigenvalue weighted by atomic mass is 10.0. The van der Waals surface area contributed by atoms with Gasteiger partial charge < -0.3 is 31.8 Å². The molecule has 0 aromatic carbocycles. The number of carbonyl (C=O) groups excluding carboxylic acids is 2. The zero-order chi connectivity index (χ0) is 28.6. The van der Waals surface area contributed by atoms with Crippen LogP contribution in [0.15, 0.2) is 41.0 Å². The van der Waals surface area contributed by atoms with Crippen LogP contribution < -0.4 is 21.4 Å². The number of anilines is 2. The van der Waals surface area contributed by atoms with Gasteiger partial charge in [0.15, 0.2) is 29.8 Å². The highest BCUT2D eigenvalue weighted by atomic mass is 35.5. The Bertz CT molecular complexity index is 1420. The fraction of sp³-hybridized carbons (Fsp3) is 0.318. The molecule has 2 unspecified atom stereocenters. The highest BCUT2D eigenvalue weighted by Gasteiger charge is 2.55. The summed E-state index contributed by atoms with van der Waals surface area (Å²) in [5.41, 5.74) is 9.83. The lowest BCUT2D eigenvalue weighted by molar-refractivity contribution is -0.688. The number of carbonyl (C=O) groups is 4. The number of nitrogens with zero attached hydrogens (tertiary/aromatic N) is 4. The number of aliphatic carboxylic acids is 2. The van der Waals surface area contributed by atoms with Gasteiger partial charge in [0.05, 0.1) is 0 Å². The minimum atomic E-state index is -1.80. The van der Waals surface area contributed by atoms with Gasteiger partial charge in [-0.25, -0.2) is 19.1 Å². The molecule has 4 heterocycles. The topological polar surface area (TPSA) is 214 Å². The molecule has 2 amide bonds. The number of halogens is 1. The summed E-state index contributed by atoms with van der Waals surface area (Å²) in [5, 5.41) is 24.7. The number of fused-ring (bicyclic) bond motifs is 1. The normalized spacial score (nSPS) is 19.3. The Morgan fingerprint density at radius 1 is 1.31 bits per heavy atom. The average Bonchev–Trinajstić information content (AvgIpc) is 3.20. The number of nitrogen functional groups attached to an aromatic ring is 2. The highest BCUT2D eigenvalue weighted by Crippen LogP contribution is 2.40. The first-order chi connectivity index (χ1) is 18.3. The second kappa shape index (κ2) is 10.7. The smallest absolute Gasteiger partial charge is 0.352 e. The first-order valence-corrected chi connectivity index (χ1v) is 13.4. The van der Waals surface area contributed by atoms with Crippen molar-refractivity contribution < 1.29 is 38.8 Å². The van der Waals surface area contributed by atoms with E-state index in [2.05, 4.69) is 15.5 Å². The van der Waals surface area contributed by atoms with Crippen molar-refractivity contribution in [2.24, 2.45) is 5.16 Å². The molecule has 0 spiro atoms. The van der Waals surface area contributed by atoms with Gasteiger partial charge in [-0.2, -0.15) is 0 Å². The number of oxime groups is 1. The number of thiazole rings is 1. The van der Waals surface area contributed by atoms with E-state index in [4.69, 9.17) is 27.9 Å². The van der Waals surface area contributed by atoms with Gasteiger partial charge in [0.1, 0.15) is 27.1 Å². The van der Waals surface area contributed by atoms with Gasteiger partial charge in [0.2, 0.25) is 5.60 Å². The van der Waals surface area contributed by atoms with E-state index in [0.29, 0.717) is 11.3 Å². The Morgan fingerprint density at radius 2 is 1.97 bits per heavy atom. The minimum absolute atomic E-state index is 0.00681. The molecular weight excluding hydrogens is 574 g/mol. The summed E-state index contributed by atoms with van der Waals surface area (Å²) in [6, 6.07) is 2.24. The van der Waals surface area contributed by atoms with Crippen LogP contribution in [0.25, 0.3) is 0 Å². The van der Waals surface area contributed by atoms with Crippen LogP contribution in [0.3, 0.4) is 0 Å². The van der Waals surface area contributed by atoms with E-state index in [1.165, 1.54) is 25.6 Å². The fourth-order valence-electron chi connectivity index (χ4n) is 3.66. The summed E-state index contributed by atoms with van der Waals surface area (Å²) in [6.45, 7) is 2.66. The molecule has 2 aliphatic heterocycles. The van der Waals surface area contributed by atoms with Crippen molar-refractivity contribution >= 4 is 75.0 Å². The molecule has 0 radical (unpaired) electrons. The molecule has 39 heavy (non-hydrogen) atoms. The molecule has 1 saturated heterocycles. The van der Waals surface area contributed by atoms with Crippen molar-refractivity contribution in [1.29, 1.82) is 0 Å². The van der Waals surface area contributed by atoms with Crippen LogP contribution in [0.4, 0.5) is 10.8 Å². The largest absolute Gasteiger partial charge is 0.478 e. The Balaban J connectivity index is 1.57. The van der Waals surface area contributed by atoms with Crippen molar-refractivity contribution in [1.82, 2.24) is 15.2 Å². The second-order valence-electron chi connectivity index (χ2n) is 8.94. The van der Waals surface area contributed by atoms with E-state index >= 15 is 0 Å². The molecule has 4 rings (SSSR count). The Hall–Kier alpha value is -3.89. The van der Waals surface area contributed by atoms with E-state index in [9.17, 15) is 29.4 Å². The van der Waals surface area contributed by atoms with Gasteiger partial charge in [0.25, 0.3) is 11.8 Å². The lowest BCUT2D eigenvalue weighted by Crippen LogP contribution is -2.71. The third-order valence-corrected chi connectivity index (χ3v) is 8.17. The molecule has 206 valence electrons. The van der Waals surface area contributed by atoms with Crippen LogP contribution in [0, 0.1) is 0 Å². The number of hydrogen-bond acceptors (Lipinski definition) is 11. The summed E-state index contributed by atoms with van der Waals surface area (Å²) >= 11 is 8.28. The number of aromatic nitrogens is 2. The number of nitrogens with one attached hydrogen (secondary N) is 1. The van der Waals surface area contributed by atoms with Crippen LogP contribution in [0.2, 0.25) is 4.34 Å². The summed E-state index contributed by atoms with van der Waals surface area (Å²) in [7, 11) is 0. The van der Waals surface area contributed by atoms with E-state index in [-0.39, 0.29) is 33.2 Å². The van der Waals surface area contributed by atoms with Gasteiger partial charge in [0, 0.05) is 29.1 Å². The molecule has 0 bridgehead atoms. The predicted molar refractivity (Wildman–Crippen MR) is 142 cm³/mol. The van der Waals surface area contributed by atoms with Crippen molar-refractivity contribution in [3.05, 3.63) is 45.8 Å². The average molecular weight is 597 g/mol. The molecule has 17 heteroatoms. The first-order valence-electron chi connectivity index (χ1n) is 11.2. The molecule has 2 aliphatic rings. The molecule has 0 saturated carbocycles. The molecule has 2 aromatic rings. The third-order valence-electron chi connectivity index (χ3n) is 5.75. The number of thioether (sulfide) groups is 1. The molecule has 0 aliphatic carbocycles. The van der Waals surface area contributed by atoms with Crippen molar-refractivity contribution in [3.63, 3.8) is 0 Å². The maximum Gasteiger partial charge on any atom is 0.352 e. The third kappa shape index (κ3) is 5.62. The van der Waals surface area contributed by atoms with Crippen molar-refractivity contribution in [3.8, 4) is 0 Å². The fourth-order valence-corrected chi connectivity index (χ4v) is 5.93. The quantitative estimate of drug-likeness (QED) is 0.115. The molecule has 2 aromatic heterocycles. The van der Waals surface area contributed by atoms with E-state index in [1.54, 1.807) is 29.1 Å². The zero-order valence-electron chi connectivity index (χ0n) is 20.5. The Labute approximate surface area is 234 Å². The number of nitrogens with two attached hydrogens (primary N) is 2. The van der Waals surface area contributed by atoms with Gasteiger partial charge in [-0.1, -0.05) is 28.1 Å². The van der Waals surface area contributed by atoms with Crippen LogP contribution in [-0.4, -0.2) is 72.3 Å². The lowest BCUT2D eigenvalue weighted by Gasteiger charge is -2.49. The van der Waals surface area contributed by atoms with Crippen LogP contribution in [0.1, 0.15) is 19.5 Å². The zero-order valence-corrected chi connectivity index (χ0v) is 22.8. The van der Waals surface area contributed by atoms with Crippen LogP contribution >= 0.6 is 34.7 Å². The summed E-state index contributed by atoms with van der Waals surface area (Å²) in [5.74, 6) is -3.93. The maximum atomic E-state index is 13.2. The standard InChI is InChI=1S/C22H22ClN7O7S2/c1-22(2,20(35)36)37-28-12(11-15(23)39-21(25)27-11)16(31)26-13-17(32)30-14(19(33)34)9(8-38-18(13)30)7-29-5-3-10(24)4-6-29/h3-6,13,18,24H,7-8H2,1-2H3,(H5,25,26,27,31,33,34,35,36)/p+1. The minimum Gasteiger partial charge on any atom is -0.478 e. The number of rotatable bonds is 9. The van der Waals surface area contributed by atoms with E-state index < -0.39 is 46.5 Å². The van der Waals surface area contributed by atoms with Gasteiger partial charge in [-0.15, -0.1) is 11.8 Å². The summed E-state index contributed by atoms with van der Waals surface area (Å²) < 4.78 is 1.73. The van der Waals surface area contributed by atoms with Gasteiger partial charge in [-0.3, -0.25) is 14.5 Å². The Morgan fingerprint density at radius 3 is 2.54 bits per heavy atom. The predicted octanol–water partition coefficient (Wildman–Crippen LogP) is 0.271. The highest BCUT2D eigenvalue weighted by molar-refractivity contribution is 8.00. The monoisotopic (exact) mass is 596 g/mol. The van der Waals surface area contributed by atoms with Crippen molar-refractivity contribution in [2.75, 3.05) is 17.2 Å². The first kappa shape index (κ1) is 28.1. The summed E-state index contributed by atoms with van der Waals surface area (Å²) in [4.78, 5) is 60.1. The number of pyridine rings is 1. The van der Waals surface area contributed by atoms with Crippen LogP contribution in [0.5, 0.6) is 0 Å². The van der Waals surface area contributed by atoms with Crippen molar-refractivity contribution in [2.45, 2.75) is 37.4 Å². The summed E-state index contributed by atoms with van der Waals surface area (Å²) in [6.07, 6.45) is 3.40. The number of β-lactam (4-membered cyclic amide) rings is 1. The van der Waals surface area contributed by atoms with E-state index in [0.717, 1.165) is 16.2 Å². The van der Waals surface area contributed by atoms with Gasteiger partial charge >= 0.3 is 11.9 Å².